The van der Waals surface area contributed by atoms with Crippen LogP contribution in [-0.4, -0.2) is 31.6 Å². The van der Waals surface area contributed by atoms with Crippen molar-refractivity contribution < 1.29 is 18.7 Å². The van der Waals surface area contributed by atoms with Crippen LogP contribution in [0.2, 0.25) is 0 Å². The second kappa shape index (κ2) is 12.8. The van der Waals surface area contributed by atoms with Gasteiger partial charge in [0.15, 0.2) is 0 Å². The number of hydrogen-bond donors (Lipinski definition) is 1. The Balaban J connectivity index is 3.44. The molecule has 0 aromatic rings. The van der Waals surface area contributed by atoms with Crippen LogP contribution < -0.4 is 0 Å². The molecule has 0 aromatic carbocycles. The maximum Gasteiger partial charge on any atom is 0.332 e. The molecule has 0 aliphatic carbocycles. The fraction of sp³-hybridized carbons (Fsp3) is 1.00. The van der Waals surface area contributed by atoms with Gasteiger partial charge in [-0.2, -0.15) is 0 Å². The number of unbranched alkanes of at least 4 members (excludes halogenated alkanes) is 8. The lowest BCUT2D eigenvalue weighted by Gasteiger charge is -2.17. The van der Waals surface area contributed by atoms with E-state index >= 15 is 0 Å². The van der Waals surface area contributed by atoms with Crippen LogP contribution in [0.25, 0.3) is 0 Å². The number of aliphatic hydroxyl groups excluding tert-OH is 1. The van der Waals surface area contributed by atoms with Crippen molar-refractivity contribution in [3.05, 3.63) is 0 Å². The Kier molecular flexibility index (Phi) is 12.9. The quantitative estimate of drug-likeness (QED) is 0.371. The van der Waals surface area contributed by atoms with Gasteiger partial charge in [0, 0.05) is 14.2 Å². The van der Waals surface area contributed by atoms with E-state index in [-0.39, 0.29) is 6.16 Å². The third kappa shape index (κ3) is 10.8. The lowest BCUT2D eigenvalue weighted by molar-refractivity contribution is 0.168. The second-order valence-electron chi connectivity index (χ2n) is 5.43. The molecule has 0 aromatic heterocycles. The normalized spacial score (nSPS) is 13.6. The van der Waals surface area contributed by atoms with Crippen LogP contribution in [-0.2, 0) is 13.6 Å². The van der Waals surface area contributed by atoms with Crippen molar-refractivity contribution in [2.24, 2.45) is 0 Å². The first-order valence-electron chi connectivity index (χ1n) is 7.96. The van der Waals surface area contributed by atoms with Crippen LogP contribution in [0, 0.1) is 0 Å². The highest BCUT2D eigenvalue weighted by Gasteiger charge is 2.25. The van der Waals surface area contributed by atoms with Gasteiger partial charge in [-0.3, -0.25) is 4.57 Å². The zero-order chi connectivity index (χ0) is 15.3. The first kappa shape index (κ1) is 20.1. The lowest BCUT2D eigenvalue weighted by Crippen LogP contribution is -2.14. The first-order chi connectivity index (χ1) is 9.58. The minimum Gasteiger partial charge on any atom is -0.392 e. The van der Waals surface area contributed by atoms with Crippen LogP contribution in [0.3, 0.4) is 0 Å². The summed E-state index contributed by atoms with van der Waals surface area (Å²) in [6.45, 7) is 2.23. The standard InChI is InChI=1S/C15H33O4P/c1-4-5-6-7-8-9-10-11-12-13-15(16)14-20(17,18-2)19-3/h15-16H,4-14H2,1-3H3. The van der Waals surface area contributed by atoms with Crippen molar-refractivity contribution in [2.45, 2.75) is 77.2 Å². The summed E-state index contributed by atoms with van der Waals surface area (Å²) in [6.07, 6.45) is 11.5. The topological polar surface area (TPSA) is 55.8 Å². The van der Waals surface area contributed by atoms with Crippen molar-refractivity contribution in [3.63, 3.8) is 0 Å². The molecule has 4 nitrogen and oxygen atoms in total. The number of rotatable bonds is 14. The molecule has 122 valence electrons. The van der Waals surface area contributed by atoms with Crippen molar-refractivity contribution in [1.29, 1.82) is 0 Å². The van der Waals surface area contributed by atoms with E-state index in [4.69, 9.17) is 9.05 Å². The SMILES string of the molecule is CCCCCCCCCCCC(O)CP(=O)(OC)OC. The molecule has 20 heavy (non-hydrogen) atoms. The molecule has 1 N–H and O–H groups in total. The largest absolute Gasteiger partial charge is 0.392 e. The minimum absolute atomic E-state index is 0.0943. The molecule has 0 rings (SSSR count). The average molecular weight is 308 g/mol. The summed E-state index contributed by atoms with van der Waals surface area (Å²) in [7, 11) is -0.351. The molecular formula is C15H33O4P. The van der Waals surface area contributed by atoms with E-state index < -0.39 is 13.7 Å². The molecule has 0 heterocycles. The van der Waals surface area contributed by atoms with E-state index in [1.54, 1.807) is 0 Å². The maximum absolute atomic E-state index is 11.8. The van der Waals surface area contributed by atoms with E-state index in [9.17, 15) is 9.67 Å². The van der Waals surface area contributed by atoms with E-state index in [1.165, 1.54) is 59.2 Å². The summed E-state index contributed by atoms with van der Waals surface area (Å²) in [4.78, 5) is 0. The highest BCUT2D eigenvalue weighted by atomic mass is 31.2. The van der Waals surface area contributed by atoms with E-state index in [2.05, 4.69) is 6.92 Å². The Hall–Kier alpha value is 0.110. The van der Waals surface area contributed by atoms with Crippen LogP contribution >= 0.6 is 7.60 Å². The fourth-order valence-electron chi connectivity index (χ4n) is 2.26. The smallest absolute Gasteiger partial charge is 0.332 e. The molecule has 0 aliphatic heterocycles. The van der Waals surface area contributed by atoms with Crippen molar-refractivity contribution in [2.75, 3.05) is 20.4 Å². The molecule has 1 unspecified atom stereocenters. The average Bonchev–Trinajstić information content (AvgIpc) is 2.45. The summed E-state index contributed by atoms with van der Waals surface area (Å²) in [6, 6.07) is 0. The molecule has 0 fully saturated rings. The van der Waals surface area contributed by atoms with Gasteiger partial charge < -0.3 is 14.2 Å². The van der Waals surface area contributed by atoms with Gasteiger partial charge in [-0.25, -0.2) is 0 Å². The molecule has 0 bridgehead atoms. The van der Waals surface area contributed by atoms with Crippen molar-refractivity contribution in [1.82, 2.24) is 0 Å². The summed E-state index contributed by atoms with van der Waals surface area (Å²) < 4.78 is 21.5. The van der Waals surface area contributed by atoms with E-state index in [0.717, 1.165) is 12.8 Å². The van der Waals surface area contributed by atoms with Gasteiger partial charge in [-0.1, -0.05) is 64.7 Å². The molecule has 0 spiro atoms. The fourth-order valence-corrected chi connectivity index (χ4v) is 3.41. The van der Waals surface area contributed by atoms with Gasteiger partial charge in [0.25, 0.3) is 0 Å². The molecular weight excluding hydrogens is 275 g/mol. The molecule has 0 aliphatic rings. The molecule has 0 saturated heterocycles. The highest BCUT2D eigenvalue weighted by molar-refractivity contribution is 7.53. The Labute approximate surface area is 124 Å². The Morgan fingerprint density at radius 3 is 1.80 bits per heavy atom. The molecule has 0 radical (unpaired) electrons. The van der Waals surface area contributed by atoms with Crippen LogP contribution in [0.15, 0.2) is 0 Å². The van der Waals surface area contributed by atoms with E-state index in [1.807, 2.05) is 0 Å². The molecule has 0 saturated carbocycles. The predicted octanol–water partition coefficient (Wildman–Crippen LogP) is 4.75. The number of hydrogen-bond acceptors (Lipinski definition) is 4. The Morgan fingerprint density at radius 1 is 0.900 bits per heavy atom. The third-order valence-corrected chi connectivity index (χ3v) is 5.61. The van der Waals surface area contributed by atoms with Crippen LogP contribution in [0.1, 0.15) is 71.1 Å². The summed E-state index contributed by atoms with van der Waals surface area (Å²) in [5.74, 6) is 0. The van der Waals surface area contributed by atoms with Crippen molar-refractivity contribution in [3.8, 4) is 0 Å². The third-order valence-electron chi connectivity index (χ3n) is 3.63. The zero-order valence-corrected chi connectivity index (χ0v) is 14.4. The Bertz CT molecular complexity index is 250. The number of aliphatic hydroxyl groups is 1. The van der Waals surface area contributed by atoms with Gasteiger partial charge in [-0.05, 0) is 6.42 Å². The molecule has 0 amide bonds. The zero-order valence-electron chi connectivity index (χ0n) is 13.5. The maximum atomic E-state index is 11.8. The predicted molar refractivity (Wildman–Crippen MR) is 84.3 cm³/mol. The monoisotopic (exact) mass is 308 g/mol. The van der Waals surface area contributed by atoms with Crippen LogP contribution in [0.4, 0.5) is 0 Å². The minimum atomic E-state index is -3.06. The summed E-state index contributed by atoms with van der Waals surface area (Å²) in [5.41, 5.74) is 0. The van der Waals surface area contributed by atoms with Gasteiger partial charge in [-0.15, -0.1) is 0 Å². The lowest BCUT2D eigenvalue weighted by atomic mass is 10.1. The summed E-state index contributed by atoms with van der Waals surface area (Å²) in [5, 5.41) is 9.81. The Morgan fingerprint density at radius 2 is 1.35 bits per heavy atom. The first-order valence-corrected chi connectivity index (χ1v) is 9.69. The second-order valence-corrected chi connectivity index (χ2v) is 7.75. The highest BCUT2D eigenvalue weighted by Crippen LogP contribution is 2.47. The van der Waals surface area contributed by atoms with Crippen molar-refractivity contribution >= 4 is 7.60 Å². The van der Waals surface area contributed by atoms with E-state index in [0.29, 0.717) is 6.42 Å². The van der Waals surface area contributed by atoms with Crippen LogP contribution in [0.5, 0.6) is 0 Å². The molecule has 1 atom stereocenters. The van der Waals surface area contributed by atoms with Gasteiger partial charge >= 0.3 is 7.60 Å². The van der Waals surface area contributed by atoms with Gasteiger partial charge in [0.05, 0.1) is 12.3 Å². The molecule has 5 heteroatoms. The van der Waals surface area contributed by atoms with Gasteiger partial charge in [0.2, 0.25) is 0 Å². The van der Waals surface area contributed by atoms with Gasteiger partial charge in [0.1, 0.15) is 0 Å². The summed E-state index contributed by atoms with van der Waals surface area (Å²) >= 11 is 0.